The van der Waals surface area contributed by atoms with Gasteiger partial charge in [-0.05, 0) is 24.5 Å². The zero-order valence-corrected chi connectivity index (χ0v) is 9.40. The Balaban J connectivity index is 2.19. The standard InChI is InChI=1S/C13H15NO2/c1-15-7-6-13(9-14)8-11-4-2-3-5-12(11)16-10-13/h2-5H,6-8,10H2,1H3. The van der Waals surface area contributed by atoms with Crippen LogP contribution in [0, 0.1) is 16.7 Å². The zero-order valence-electron chi connectivity index (χ0n) is 9.40. The van der Waals surface area contributed by atoms with Crippen LogP contribution in [0.5, 0.6) is 5.75 Å². The van der Waals surface area contributed by atoms with Crippen molar-refractivity contribution in [3.05, 3.63) is 29.8 Å². The Kier molecular flexibility index (Phi) is 3.12. The summed E-state index contributed by atoms with van der Waals surface area (Å²) >= 11 is 0. The van der Waals surface area contributed by atoms with Gasteiger partial charge < -0.3 is 9.47 Å². The summed E-state index contributed by atoms with van der Waals surface area (Å²) < 4.78 is 10.7. The molecule has 0 aromatic heterocycles. The Hall–Kier alpha value is -1.53. The molecule has 1 aliphatic heterocycles. The summed E-state index contributed by atoms with van der Waals surface area (Å²) in [5.74, 6) is 0.908. The number of rotatable bonds is 3. The topological polar surface area (TPSA) is 42.2 Å². The fraction of sp³-hybridized carbons (Fsp3) is 0.462. The molecule has 0 saturated carbocycles. The number of benzene rings is 1. The van der Waals surface area contributed by atoms with Crippen molar-refractivity contribution < 1.29 is 9.47 Å². The first kappa shape index (κ1) is 11.0. The van der Waals surface area contributed by atoms with E-state index in [-0.39, 0.29) is 0 Å². The lowest BCUT2D eigenvalue weighted by Gasteiger charge is -2.32. The van der Waals surface area contributed by atoms with Crippen LogP contribution >= 0.6 is 0 Å². The molecule has 1 unspecified atom stereocenters. The van der Waals surface area contributed by atoms with E-state index in [2.05, 4.69) is 6.07 Å². The van der Waals surface area contributed by atoms with Crippen LogP contribution < -0.4 is 4.74 Å². The van der Waals surface area contributed by atoms with E-state index in [1.54, 1.807) is 7.11 Å². The van der Waals surface area contributed by atoms with Crippen LogP contribution in [0.1, 0.15) is 12.0 Å². The predicted molar refractivity (Wildman–Crippen MR) is 60.2 cm³/mol. The largest absolute Gasteiger partial charge is 0.492 e. The van der Waals surface area contributed by atoms with Crippen molar-refractivity contribution in [1.29, 1.82) is 5.26 Å². The van der Waals surface area contributed by atoms with Gasteiger partial charge in [0.05, 0.1) is 11.5 Å². The van der Waals surface area contributed by atoms with Crippen molar-refractivity contribution >= 4 is 0 Å². The highest BCUT2D eigenvalue weighted by atomic mass is 16.5. The van der Waals surface area contributed by atoms with Gasteiger partial charge in [-0.1, -0.05) is 18.2 Å². The van der Waals surface area contributed by atoms with Crippen LogP contribution in [0.4, 0.5) is 0 Å². The molecule has 0 saturated heterocycles. The van der Waals surface area contributed by atoms with E-state index in [0.717, 1.165) is 17.7 Å². The van der Waals surface area contributed by atoms with E-state index in [0.29, 0.717) is 19.6 Å². The van der Waals surface area contributed by atoms with Crippen LogP contribution in [-0.2, 0) is 11.2 Å². The number of hydrogen-bond acceptors (Lipinski definition) is 3. The fourth-order valence-corrected chi connectivity index (χ4v) is 2.01. The first-order valence-electron chi connectivity index (χ1n) is 5.40. The monoisotopic (exact) mass is 217 g/mol. The Morgan fingerprint density at radius 1 is 1.50 bits per heavy atom. The van der Waals surface area contributed by atoms with Gasteiger partial charge in [-0.25, -0.2) is 0 Å². The van der Waals surface area contributed by atoms with Crippen molar-refractivity contribution in [2.24, 2.45) is 5.41 Å². The Bertz CT molecular complexity index is 411. The maximum atomic E-state index is 9.31. The maximum absolute atomic E-state index is 9.31. The van der Waals surface area contributed by atoms with Gasteiger partial charge in [0.2, 0.25) is 0 Å². The summed E-state index contributed by atoms with van der Waals surface area (Å²) in [6.45, 7) is 1.06. The van der Waals surface area contributed by atoms with Gasteiger partial charge >= 0.3 is 0 Å². The fourth-order valence-electron chi connectivity index (χ4n) is 2.01. The third kappa shape index (κ3) is 2.02. The molecule has 0 spiro atoms. The Morgan fingerprint density at radius 2 is 2.31 bits per heavy atom. The molecule has 3 nitrogen and oxygen atoms in total. The number of hydrogen-bond donors (Lipinski definition) is 0. The first-order valence-corrected chi connectivity index (χ1v) is 5.40. The lowest BCUT2D eigenvalue weighted by molar-refractivity contribution is 0.110. The second kappa shape index (κ2) is 4.54. The summed E-state index contributed by atoms with van der Waals surface area (Å²) in [4.78, 5) is 0. The summed E-state index contributed by atoms with van der Waals surface area (Å²) in [5.41, 5.74) is 0.691. The quantitative estimate of drug-likeness (QED) is 0.779. The van der Waals surface area contributed by atoms with Gasteiger partial charge in [-0.2, -0.15) is 5.26 Å². The molecule has 0 radical (unpaired) electrons. The van der Waals surface area contributed by atoms with Crippen LogP contribution in [0.15, 0.2) is 24.3 Å². The molecule has 0 bridgehead atoms. The molecule has 1 atom stereocenters. The molecular formula is C13H15NO2. The molecule has 0 aliphatic carbocycles. The van der Waals surface area contributed by atoms with Crippen molar-refractivity contribution in [2.75, 3.05) is 20.3 Å². The third-order valence-corrected chi connectivity index (χ3v) is 3.03. The average Bonchev–Trinajstić information content (AvgIpc) is 2.36. The molecule has 1 aromatic carbocycles. The van der Waals surface area contributed by atoms with Crippen molar-refractivity contribution in [3.63, 3.8) is 0 Å². The summed E-state index contributed by atoms with van der Waals surface area (Å²) in [6, 6.07) is 10.3. The van der Waals surface area contributed by atoms with E-state index in [1.165, 1.54) is 0 Å². The van der Waals surface area contributed by atoms with E-state index in [1.807, 2.05) is 24.3 Å². The van der Waals surface area contributed by atoms with E-state index < -0.39 is 5.41 Å². The highest BCUT2D eigenvalue weighted by Crippen LogP contribution is 2.36. The minimum atomic E-state index is -0.426. The SMILES string of the molecule is COCCC1(C#N)COc2ccccc2C1. The van der Waals surface area contributed by atoms with Crippen molar-refractivity contribution in [3.8, 4) is 11.8 Å². The van der Waals surface area contributed by atoms with Crippen molar-refractivity contribution in [1.82, 2.24) is 0 Å². The van der Waals surface area contributed by atoms with E-state index in [9.17, 15) is 5.26 Å². The number of para-hydroxylation sites is 1. The van der Waals surface area contributed by atoms with Gasteiger partial charge in [-0.15, -0.1) is 0 Å². The first-order chi connectivity index (χ1) is 7.79. The normalized spacial score (nSPS) is 23.0. The van der Waals surface area contributed by atoms with Gasteiger partial charge in [0.1, 0.15) is 12.4 Å². The van der Waals surface area contributed by atoms with Crippen molar-refractivity contribution in [2.45, 2.75) is 12.8 Å². The van der Waals surface area contributed by atoms with Gasteiger partial charge in [0, 0.05) is 13.7 Å². The molecule has 1 heterocycles. The van der Waals surface area contributed by atoms with Crippen LogP contribution in [-0.4, -0.2) is 20.3 Å². The molecule has 3 heteroatoms. The van der Waals surface area contributed by atoms with Gasteiger partial charge in [0.15, 0.2) is 0 Å². The molecular weight excluding hydrogens is 202 g/mol. The summed E-state index contributed by atoms with van der Waals surface area (Å²) in [7, 11) is 1.66. The predicted octanol–water partition coefficient (Wildman–Crippen LogP) is 2.17. The minimum absolute atomic E-state index is 0.426. The number of methoxy groups -OCH3 is 1. The van der Waals surface area contributed by atoms with Gasteiger partial charge in [-0.3, -0.25) is 0 Å². The van der Waals surface area contributed by atoms with E-state index >= 15 is 0 Å². The van der Waals surface area contributed by atoms with Gasteiger partial charge in [0.25, 0.3) is 0 Å². The molecule has 1 aliphatic rings. The number of nitrogens with zero attached hydrogens (tertiary/aromatic N) is 1. The second-order valence-corrected chi connectivity index (χ2v) is 4.21. The number of fused-ring (bicyclic) bond motifs is 1. The highest BCUT2D eigenvalue weighted by molar-refractivity contribution is 5.37. The average molecular weight is 217 g/mol. The number of nitriles is 1. The molecule has 0 N–H and O–H groups in total. The second-order valence-electron chi connectivity index (χ2n) is 4.21. The molecule has 84 valence electrons. The molecule has 0 amide bonds. The summed E-state index contributed by atoms with van der Waals surface area (Å²) in [6.07, 6.45) is 1.47. The van der Waals surface area contributed by atoms with Crippen LogP contribution in [0.3, 0.4) is 0 Å². The lowest BCUT2D eigenvalue weighted by Crippen LogP contribution is -2.34. The molecule has 0 fully saturated rings. The lowest BCUT2D eigenvalue weighted by atomic mass is 9.79. The molecule has 2 rings (SSSR count). The minimum Gasteiger partial charge on any atom is -0.492 e. The summed E-state index contributed by atoms with van der Waals surface area (Å²) in [5, 5.41) is 9.31. The van der Waals surface area contributed by atoms with Crippen LogP contribution in [0.2, 0.25) is 0 Å². The van der Waals surface area contributed by atoms with Crippen LogP contribution in [0.25, 0.3) is 0 Å². The molecule has 16 heavy (non-hydrogen) atoms. The Morgan fingerprint density at radius 3 is 3.06 bits per heavy atom. The Labute approximate surface area is 95.6 Å². The zero-order chi connectivity index (χ0) is 11.4. The van der Waals surface area contributed by atoms with E-state index in [4.69, 9.17) is 9.47 Å². The maximum Gasteiger partial charge on any atom is 0.122 e. The number of ether oxygens (including phenoxy) is 2. The molecule has 1 aromatic rings. The highest BCUT2D eigenvalue weighted by Gasteiger charge is 2.35. The third-order valence-electron chi connectivity index (χ3n) is 3.03. The smallest absolute Gasteiger partial charge is 0.122 e.